The van der Waals surface area contributed by atoms with E-state index in [-0.39, 0.29) is 5.11 Å². The van der Waals surface area contributed by atoms with Gasteiger partial charge in [-0.15, -0.1) is 11.3 Å². The van der Waals surface area contributed by atoms with Gasteiger partial charge in [0, 0.05) is 4.70 Å². The molecule has 82 valence electrons. The zero-order valence-corrected chi connectivity index (χ0v) is 10.4. The highest BCUT2D eigenvalue weighted by Gasteiger charge is 2.03. The number of thiophene rings is 1. The van der Waals surface area contributed by atoms with E-state index in [2.05, 4.69) is 28.7 Å². The molecule has 2 aromatic rings. The van der Waals surface area contributed by atoms with Gasteiger partial charge in [-0.1, -0.05) is 18.2 Å². The molecule has 0 fully saturated rings. The van der Waals surface area contributed by atoms with Gasteiger partial charge in [-0.25, -0.2) is 0 Å². The van der Waals surface area contributed by atoms with Gasteiger partial charge in [0.05, 0.1) is 10.6 Å². The van der Waals surface area contributed by atoms with Gasteiger partial charge in [-0.2, -0.15) is 5.10 Å². The van der Waals surface area contributed by atoms with E-state index in [0.29, 0.717) is 0 Å². The van der Waals surface area contributed by atoms with Crippen LogP contribution in [-0.4, -0.2) is 10.8 Å². The van der Waals surface area contributed by atoms with Crippen LogP contribution in [0.1, 0.15) is 11.8 Å². The summed E-state index contributed by atoms with van der Waals surface area (Å²) in [4.78, 5) is 1.12. The van der Waals surface area contributed by atoms with Crippen molar-refractivity contribution in [3.05, 3.63) is 35.2 Å². The first kappa shape index (κ1) is 11.0. The van der Waals surface area contributed by atoms with Gasteiger partial charge in [0.15, 0.2) is 5.11 Å². The number of fused-ring (bicyclic) bond motifs is 1. The van der Waals surface area contributed by atoms with Gasteiger partial charge in [-0.3, -0.25) is 5.43 Å². The Bertz CT molecular complexity index is 524. The largest absolute Gasteiger partial charge is 0.375 e. The Morgan fingerprint density at radius 2 is 2.19 bits per heavy atom. The standard InChI is InChI=1S/C11H11N3S2/c1-7(13-14-11(12)15)10-6-8-4-2-3-5-9(8)16-10/h2-6H,1H3,(H3,12,14,15)/b13-7+. The van der Waals surface area contributed by atoms with Crippen molar-refractivity contribution in [2.45, 2.75) is 6.92 Å². The highest BCUT2D eigenvalue weighted by molar-refractivity contribution is 7.80. The zero-order chi connectivity index (χ0) is 11.5. The summed E-state index contributed by atoms with van der Waals surface area (Å²) in [5, 5.41) is 5.51. The SMILES string of the molecule is C/C(=N\NC(N)=S)c1cc2ccccc2s1. The molecule has 3 nitrogen and oxygen atoms in total. The van der Waals surface area contributed by atoms with Gasteiger partial charge in [0.1, 0.15) is 0 Å². The fourth-order valence-corrected chi connectivity index (χ4v) is 2.41. The highest BCUT2D eigenvalue weighted by atomic mass is 32.1. The molecule has 0 aliphatic heterocycles. The lowest BCUT2D eigenvalue weighted by atomic mass is 10.2. The van der Waals surface area contributed by atoms with E-state index >= 15 is 0 Å². The molecular weight excluding hydrogens is 238 g/mol. The maximum atomic E-state index is 5.31. The minimum Gasteiger partial charge on any atom is -0.375 e. The molecule has 5 heteroatoms. The lowest BCUT2D eigenvalue weighted by Crippen LogP contribution is -2.25. The van der Waals surface area contributed by atoms with Gasteiger partial charge in [-0.05, 0) is 36.7 Å². The fourth-order valence-electron chi connectivity index (χ4n) is 1.35. The third kappa shape index (κ3) is 2.37. The van der Waals surface area contributed by atoms with Gasteiger partial charge < -0.3 is 5.73 Å². The Hall–Kier alpha value is -1.46. The molecule has 1 heterocycles. The Morgan fingerprint density at radius 3 is 2.88 bits per heavy atom. The summed E-state index contributed by atoms with van der Waals surface area (Å²) in [6.07, 6.45) is 0. The van der Waals surface area contributed by atoms with Crippen LogP contribution < -0.4 is 11.2 Å². The number of nitrogens with zero attached hydrogens (tertiary/aromatic N) is 1. The fraction of sp³-hybridized carbons (Fsp3) is 0.0909. The summed E-state index contributed by atoms with van der Waals surface area (Å²) >= 11 is 6.39. The first-order valence-corrected chi connectivity index (χ1v) is 5.98. The Balaban J connectivity index is 2.33. The third-order valence-electron chi connectivity index (χ3n) is 2.12. The van der Waals surface area contributed by atoms with Crippen LogP contribution in [-0.2, 0) is 0 Å². The molecule has 0 saturated carbocycles. The van der Waals surface area contributed by atoms with Crippen molar-refractivity contribution in [3.63, 3.8) is 0 Å². The Kier molecular flexibility index (Phi) is 3.17. The van der Waals surface area contributed by atoms with Crippen LogP contribution in [0.3, 0.4) is 0 Å². The number of thiocarbonyl (C=S) groups is 1. The van der Waals surface area contributed by atoms with E-state index in [4.69, 9.17) is 18.0 Å². The molecule has 0 unspecified atom stereocenters. The molecule has 0 aliphatic carbocycles. The van der Waals surface area contributed by atoms with E-state index in [0.717, 1.165) is 10.6 Å². The van der Waals surface area contributed by atoms with Gasteiger partial charge >= 0.3 is 0 Å². The van der Waals surface area contributed by atoms with Crippen LogP contribution in [0.2, 0.25) is 0 Å². The lowest BCUT2D eigenvalue weighted by Gasteiger charge is -1.97. The number of nitrogens with two attached hydrogens (primary N) is 1. The normalized spacial score (nSPS) is 11.7. The number of hydrogen-bond acceptors (Lipinski definition) is 3. The minimum absolute atomic E-state index is 0.181. The molecule has 1 aromatic carbocycles. The number of rotatable bonds is 2. The van der Waals surface area contributed by atoms with Crippen molar-refractivity contribution in [2.24, 2.45) is 10.8 Å². The van der Waals surface area contributed by atoms with E-state index in [9.17, 15) is 0 Å². The van der Waals surface area contributed by atoms with E-state index < -0.39 is 0 Å². The van der Waals surface area contributed by atoms with Crippen molar-refractivity contribution < 1.29 is 0 Å². The van der Waals surface area contributed by atoms with Gasteiger partial charge in [0.2, 0.25) is 0 Å². The van der Waals surface area contributed by atoms with Crippen LogP contribution in [0.25, 0.3) is 10.1 Å². The molecule has 2 rings (SSSR count). The lowest BCUT2D eigenvalue weighted by molar-refractivity contribution is 1.03. The van der Waals surface area contributed by atoms with Crippen LogP contribution in [0, 0.1) is 0 Å². The van der Waals surface area contributed by atoms with Crippen LogP contribution in [0.4, 0.5) is 0 Å². The monoisotopic (exact) mass is 249 g/mol. The summed E-state index contributed by atoms with van der Waals surface area (Å²) in [5.74, 6) is 0. The minimum atomic E-state index is 0.181. The average Bonchev–Trinajstić information content (AvgIpc) is 2.69. The first-order valence-electron chi connectivity index (χ1n) is 4.75. The van der Waals surface area contributed by atoms with Crippen molar-refractivity contribution >= 4 is 44.5 Å². The Labute approximate surface area is 103 Å². The number of benzene rings is 1. The number of hydrazone groups is 1. The van der Waals surface area contributed by atoms with Crippen molar-refractivity contribution in [2.75, 3.05) is 0 Å². The Morgan fingerprint density at radius 1 is 1.44 bits per heavy atom. The van der Waals surface area contributed by atoms with E-state index in [1.54, 1.807) is 11.3 Å². The second kappa shape index (κ2) is 4.59. The molecule has 0 aliphatic rings. The second-order valence-electron chi connectivity index (χ2n) is 3.32. The number of nitrogens with one attached hydrogen (secondary N) is 1. The molecule has 0 amide bonds. The quantitative estimate of drug-likeness (QED) is 0.488. The molecule has 0 radical (unpaired) electrons. The van der Waals surface area contributed by atoms with Crippen molar-refractivity contribution in [1.82, 2.24) is 5.43 Å². The smallest absolute Gasteiger partial charge is 0.184 e. The average molecular weight is 249 g/mol. The van der Waals surface area contributed by atoms with Gasteiger partial charge in [0.25, 0.3) is 0 Å². The molecule has 0 saturated heterocycles. The van der Waals surface area contributed by atoms with Crippen molar-refractivity contribution in [3.8, 4) is 0 Å². The molecule has 3 N–H and O–H groups in total. The first-order chi connectivity index (χ1) is 7.66. The summed E-state index contributed by atoms with van der Waals surface area (Å²) in [6, 6.07) is 10.3. The predicted octanol–water partition coefficient (Wildman–Crippen LogP) is 2.46. The molecule has 0 bridgehead atoms. The molecule has 16 heavy (non-hydrogen) atoms. The van der Waals surface area contributed by atoms with E-state index in [1.807, 2.05) is 19.1 Å². The summed E-state index contributed by atoms with van der Waals surface area (Å²) in [6.45, 7) is 1.93. The number of hydrogen-bond donors (Lipinski definition) is 2. The third-order valence-corrected chi connectivity index (χ3v) is 3.43. The van der Waals surface area contributed by atoms with Crippen molar-refractivity contribution in [1.29, 1.82) is 0 Å². The van der Waals surface area contributed by atoms with Crippen LogP contribution >= 0.6 is 23.6 Å². The summed E-state index contributed by atoms with van der Waals surface area (Å²) in [5.41, 5.74) is 8.79. The molecule has 0 spiro atoms. The van der Waals surface area contributed by atoms with Crippen LogP contribution in [0.5, 0.6) is 0 Å². The maximum absolute atomic E-state index is 5.31. The zero-order valence-electron chi connectivity index (χ0n) is 8.73. The maximum Gasteiger partial charge on any atom is 0.184 e. The topological polar surface area (TPSA) is 50.4 Å². The molecule has 0 atom stereocenters. The second-order valence-corrected chi connectivity index (χ2v) is 4.85. The van der Waals surface area contributed by atoms with Crippen LogP contribution in [0.15, 0.2) is 35.4 Å². The molecular formula is C11H11N3S2. The summed E-state index contributed by atoms with van der Waals surface area (Å²) in [7, 11) is 0. The predicted molar refractivity (Wildman–Crippen MR) is 74.0 cm³/mol. The summed E-state index contributed by atoms with van der Waals surface area (Å²) < 4.78 is 1.25. The highest BCUT2D eigenvalue weighted by Crippen LogP contribution is 2.25. The van der Waals surface area contributed by atoms with E-state index in [1.165, 1.54) is 10.1 Å². The molecule has 1 aromatic heterocycles.